The molecule has 0 aliphatic heterocycles. The van der Waals surface area contributed by atoms with Crippen LogP contribution in [0.5, 0.6) is 0 Å². The van der Waals surface area contributed by atoms with Gasteiger partial charge in [-0.05, 0) is 24.0 Å². The number of carboxylic acids is 1. The minimum atomic E-state index is -0.931. The molecule has 76 valence electrons. The van der Waals surface area contributed by atoms with E-state index < -0.39 is 5.97 Å². The number of carboxylic acid groups (broad SMARTS) is 1. The van der Waals surface area contributed by atoms with Crippen LogP contribution >= 0.6 is 11.5 Å². The SMILES string of the molecule is Cc1ccc(-c2sncc2C(=O)O)cc1. The van der Waals surface area contributed by atoms with E-state index in [1.54, 1.807) is 0 Å². The predicted molar refractivity (Wildman–Crippen MR) is 59.2 cm³/mol. The Morgan fingerprint density at radius 3 is 2.60 bits per heavy atom. The maximum atomic E-state index is 10.9. The van der Waals surface area contributed by atoms with Crippen molar-refractivity contribution in [3.8, 4) is 10.4 Å². The van der Waals surface area contributed by atoms with Gasteiger partial charge in [0.05, 0.1) is 16.6 Å². The molecule has 3 nitrogen and oxygen atoms in total. The summed E-state index contributed by atoms with van der Waals surface area (Å²) >= 11 is 1.21. The molecule has 0 amide bonds. The largest absolute Gasteiger partial charge is 0.478 e. The third-order valence-corrected chi connectivity index (χ3v) is 2.96. The van der Waals surface area contributed by atoms with E-state index in [1.807, 2.05) is 31.2 Å². The maximum absolute atomic E-state index is 10.9. The van der Waals surface area contributed by atoms with E-state index in [0.717, 1.165) is 11.1 Å². The van der Waals surface area contributed by atoms with Crippen LogP contribution in [0.2, 0.25) is 0 Å². The normalized spacial score (nSPS) is 10.2. The summed E-state index contributed by atoms with van der Waals surface area (Å²) in [5, 5.41) is 8.94. The number of aryl methyl sites for hydroxylation is 1. The fraction of sp³-hybridized carbons (Fsp3) is 0.0909. The maximum Gasteiger partial charge on any atom is 0.338 e. The first-order valence-electron chi connectivity index (χ1n) is 4.43. The van der Waals surface area contributed by atoms with Crippen molar-refractivity contribution in [2.75, 3.05) is 0 Å². The molecule has 0 fully saturated rings. The van der Waals surface area contributed by atoms with Crippen molar-refractivity contribution in [3.63, 3.8) is 0 Å². The molecule has 0 aliphatic rings. The van der Waals surface area contributed by atoms with Gasteiger partial charge in [0.25, 0.3) is 0 Å². The minimum Gasteiger partial charge on any atom is -0.478 e. The lowest BCUT2D eigenvalue weighted by Gasteiger charge is -1.99. The fourth-order valence-electron chi connectivity index (χ4n) is 1.31. The lowest BCUT2D eigenvalue weighted by Crippen LogP contribution is -1.95. The summed E-state index contributed by atoms with van der Waals surface area (Å²) in [6.45, 7) is 1.99. The summed E-state index contributed by atoms with van der Waals surface area (Å²) in [5.41, 5.74) is 2.32. The predicted octanol–water partition coefficient (Wildman–Crippen LogP) is 2.82. The molecule has 0 spiro atoms. The highest BCUT2D eigenvalue weighted by Gasteiger charge is 2.13. The summed E-state index contributed by atoms with van der Waals surface area (Å²) < 4.78 is 3.90. The van der Waals surface area contributed by atoms with Gasteiger partial charge in [0, 0.05) is 0 Å². The number of hydrogen-bond acceptors (Lipinski definition) is 3. The van der Waals surface area contributed by atoms with Gasteiger partial charge >= 0.3 is 5.97 Å². The molecule has 1 N–H and O–H groups in total. The zero-order valence-electron chi connectivity index (χ0n) is 8.10. The van der Waals surface area contributed by atoms with Crippen molar-refractivity contribution in [2.24, 2.45) is 0 Å². The van der Waals surface area contributed by atoms with Crippen molar-refractivity contribution in [1.82, 2.24) is 4.37 Å². The zero-order chi connectivity index (χ0) is 10.8. The van der Waals surface area contributed by atoms with Crippen LogP contribution in [0.1, 0.15) is 15.9 Å². The molecular weight excluding hydrogens is 210 g/mol. The molecule has 2 aromatic rings. The lowest BCUT2D eigenvalue weighted by atomic mass is 10.1. The van der Waals surface area contributed by atoms with Crippen LogP contribution < -0.4 is 0 Å². The average Bonchev–Trinajstić information content (AvgIpc) is 2.67. The number of rotatable bonds is 2. The number of carbonyl (C=O) groups is 1. The monoisotopic (exact) mass is 219 g/mol. The van der Waals surface area contributed by atoms with Crippen molar-refractivity contribution in [3.05, 3.63) is 41.6 Å². The molecule has 2 rings (SSSR count). The van der Waals surface area contributed by atoms with E-state index in [9.17, 15) is 4.79 Å². The van der Waals surface area contributed by atoms with Crippen molar-refractivity contribution in [1.29, 1.82) is 0 Å². The second kappa shape index (κ2) is 3.82. The van der Waals surface area contributed by atoms with Crippen LogP contribution in [0.25, 0.3) is 10.4 Å². The first-order chi connectivity index (χ1) is 7.18. The molecule has 4 heteroatoms. The Morgan fingerprint density at radius 2 is 2.00 bits per heavy atom. The van der Waals surface area contributed by atoms with Crippen LogP contribution in [0.4, 0.5) is 0 Å². The third kappa shape index (κ3) is 1.89. The summed E-state index contributed by atoms with van der Waals surface area (Å²) in [4.78, 5) is 11.6. The molecule has 0 unspecified atom stereocenters. The van der Waals surface area contributed by atoms with Crippen LogP contribution in [-0.4, -0.2) is 15.4 Å². The highest BCUT2D eigenvalue weighted by molar-refractivity contribution is 7.10. The fourth-order valence-corrected chi connectivity index (χ4v) is 2.05. The van der Waals surface area contributed by atoms with Crippen LogP contribution in [0.3, 0.4) is 0 Å². The molecule has 0 radical (unpaired) electrons. The Kier molecular flexibility index (Phi) is 2.51. The number of benzene rings is 1. The molecule has 0 saturated heterocycles. The van der Waals surface area contributed by atoms with Gasteiger partial charge in [0.2, 0.25) is 0 Å². The Morgan fingerprint density at radius 1 is 1.33 bits per heavy atom. The second-order valence-electron chi connectivity index (χ2n) is 3.24. The Labute approximate surface area is 91.2 Å². The third-order valence-electron chi connectivity index (χ3n) is 2.11. The van der Waals surface area contributed by atoms with Crippen molar-refractivity contribution < 1.29 is 9.90 Å². The molecule has 0 bridgehead atoms. The summed E-state index contributed by atoms with van der Waals surface area (Å²) in [6.07, 6.45) is 1.39. The molecule has 15 heavy (non-hydrogen) atoms. The highest BCUT2D eigenvalue weighted by Crippen LogP contribution is 2.27. The van der Waals surface area contributed by atoms with Crippen molar-refractivity contribution in [2.45, 2.75) is 6.92 Å². The van der Waals surface area contributed by atoms with Crippen LogP contribution in [0.15, 0.2) is 30.5 Å². The number of aromatic nitrogens is 1. The van der Waals surface area contributed by atoms with Gasteiger partial charge in [0.1, 0.15) is 0 Å². The summed E-state index contributed by atoms with van der Waals surface area (Å²) in [7, 11) is 0. The molecule has 0 atom stereocenters. The van der Waals surface area contributed by atoms with Gasteiger partial charge in [-0.2, -0.15) is 4.37 Å². The van der Waals surface area contributed by atoms with Gasteiger partial charge in [-0.25, -0.2) is 4.79 Å². The van der Waals surface area contributed by atoms with E-state index in [4.69, 9.17) is 5.11 Å². The van der Waals surface area contributed by atoms with Crippen LogP contribution in [-0.2, 0) is 0 Å². The molecule has 0 saturated carbocycles. The first-order valence-corrected chi connectivity index (χ1v) is 5.21. The Bertz CT molecular complexity index is 488. The van der Waals surface area contributed by atoms with E-state index >= 15 is 0 Å². The zero-order valence-corrected chi connectivity index (χ0v) is 8.91. The topological polar surface area (TPSA) is 50.2 Å². The second-order valence-corrected chi connectivity index (χ2v) is 4.04. The number of hydrogen-bond donors (Lipinski definition) is 1. The standard InChI is InChI=1S/C11H9NO2S/c1-7-2-4-8(5-3-7)10-9(11(13)14)6-12-15-10/h2-6H,1H3,(H,13,14). The Balaban J connectivity index is 2.49. The summed E-state index contributed by atoms with van der Waals surface area (Å²) in [6, 6.07) is 7.74. The van der Waals surface area contributed by atoms with E-state index in [-0.39, 0.29) is 5.56 Å². The van der Waals surface area contributed by atoms with Gasteiger partial charge in [-0.15, -0.1) is 0 Å². The smallest absolute Gasteiger partial charge is 0.338 e. The lowest BCUT2D eigenvalue weighted by molar-refractivity contribution is 0.0698. The van der Waals surface area contributed by atoms with E-state index in [1.165, 1.54) is 17.7 Å². The minimum absolute atomic E-state index is 0.267. The molecular formula is C11H9NO2S. The number of nitrogens with zero attached hydrogens (tertiary/aromatic N) is 1. The first kappa shape index (κ1) is 9.86. The van der Waals surface area contributed by atoms with Gasteiger partial charge < -0.3 is 5.11 Å². The Hall–Kier alpha value is -1.68. The van der Waals surface area contributed by atoms with Crippen molar-refractivity contribution >= 4 is 17.5 Å². The molecule has 1 aromatic heterocycles. The summed E-state index contributed by atoms with van der Waals surface area (Å²) in [5.74, 6) is -0.931. The van der Waals surface area contributed by atoms with Gasteiger partial charge in [-0.3, -0.25) is 0 Å². The quantitative estimate of drug-likeness (QED) is 0.844. The number of aromatic carboxylic acids is 1. The van der Waals surface area contributed by atoms with E-state index in [2.05, 4.69) is 4.37 Å². The molecule has 1 aromatic carbocycles. The molecule has 0 aliphatic carbocycles. The van der Waals surface area contributed by atoms with Crippen LogP contribution in [0, 0.1) is 6.92 Å². The van der Waals surface area contributed by atoms with E-state index in [0.29, 0.717) is 4.88 Å². The molecule has 1 heterocycles. The van der Waals surface area contributed by atoms with Gasteiger partial charge in [-0.1, -0.05) is 29.8 Å². The highest BCUT2D eigenvalue weighted by atomic mass is 32.1. The average molecular weight is 219 g/mol. The van der Waals surface area contributed by atoms with Gasteiger partial charge in [0.15, 0.2) is 0 Å².